The van der Waals surface area contributed by atoms with E-state index in [1.165, 1.54) is 0 Å². The molecule has 6 nitrogen and oxygen atoms in total. The Bertz CT molecular complexity index is 1130. The van der Waals surface area contributed by atoms with Crippen LogP contribution in [0.3, 0.4) is 0 Å². The zero-order valence-electron chi connectivity index (χ0n) is 16.5. The lowest BCUT2D eigenvalue weighted by atomic mass is 9.95. The van der Waals surface area contributed by atoms with Crippen LogP contribution in [-0.4, -0.2) is 39.1 Å². The molecule has 30 heavy (non-hydrogen) atoms. The van der Waals surface area contributed by atoms with E-state index in [4.69, 9.17) is 4.42 Å². The summed E-state index contributed by atoms with van der Waals surface area (Å²) >= 11 is 0. The highest BCUT2D eigenvalue weighted by Crippen LogP contribution is 2.30. The Labute approximate surface area is 174 Å². The molecule has 4 aromatic rings. The molecule has 150 valence electrons. The van der Waals surface area contributed by atoms with Gasteiger partial charge in [-0.2, -0.15) is 5.10 Å². The third-order valence-electron chi connectivity index (χ3n) is 5.65. The molecular formula is C24H22N4O2. The molecule has 1 fully saturated rings. The van der Waals surface area contributed by atoms with E-state index in [-0.39, 0.29) is 11.8 Å². The van der Waals surface area contributed by atoms with Crippen LogP contribution in [0.1, 0.15) is 35.1 Å². The van der Waals surface area contributed by atoms with Crippen molar-refractivity contribution in [3.8, 4) is 22.5 Å². The third kappa shape index (κ3) is 3.52. The number of carbonyl (C=O) groups excluding carboxylic acids is 1. The van der Waals surface area contributed by atoms with E-state index in [2.05, 4.69) is 15.2 Å². The largest absolute Gasteiger partial charge is 0.459 e. The van der Waals surface area contributed by atoms with Crippen LogP contribution in [0.25, 0.3) is 22.5 Å². The summed E-state index contributed by atoms with van der Waals surface area (Å²) in [5.74, 6) is 2.23. The summed E-state index contributed by atoms with van der Waals surface area (Å²) in [6.45, 7) is 1.33. The van der Waals surface area contributed by atoms with Crippen molar-refractivity contribution in [1.29, 1.82) is 0 Å². The average Bonchev–Trinajstić information content (AvgIpc) is 3.50. The summed E-state index contributed by atoms with van der Waals surface area (Å²) in [4.78, 5) is 19.6. The number of amides is 1. The first-order valence-electron chi connectivity index (χ1n) is 10.2. The van der Waals surface area contributed by atoms with Gasteiger partial charge in [0.1, 0.15) is 5.82 Å². The van der Waals surface area contributed by atoms with Crippen LogP contribution >= 0.6 is 0 Å². The standard InChI is InChI=1S/C24H22N4O2/c29-24(21-20(13-16-30-21)17-7-3-1-4-8-17)28-14-11-19(12-15-28)23-25-22(26-27-23)18-9-5-2-6-10-18/h1-10,13,16,19H,11-12,14-15H2,(H,25,26,27). The Kier molecular flexibility index (Phi) is 4.89. The third-order valence-corrected chi connectivity index (χ3v) is 5.65. The number of nitrogens with zero attached hydrogens (tertiary/aromatic N) is 3. The quantitative estimate of drug-likeness (QED) is 0.538. The first kappa shape index (κ1) is 18.4. The minimum Gasteiger partial charge on any atom is -0.459 e. The zero-order chi connectivity index (χ0) is 20.3. The molecule has 2 aromatic heterocycles. The number of rotatable bonds is 4. The smallest absolute Gasteiger partial charge is 0.290 e. The molecule has 0 aliphatic carbocycles. The van der Waals surface area contributed by atoms with Crippen molar-refractivity contribution in [1.82, 2.24) is 20.1 Å². The van der Waals surface area contributed by atoms with Gasteiger partial charge in [0, 0.05) is 30.1 Å². The zero-order valence-corrected chi connectivity index (χ0v) is 16.5. The van der Waals surface area contributed by atoms with E-state index >= 15 is 0 Å². The van der Waals surface area contributed by atoms with Crippen molar-refractivity contribution in [3.63, 3.8) is 0 Å². The number of benzene rings is 2. The van der Waals surface area contributed by atoms with E-state index in [0.29, 0.717) is 24.7 Å². The topological polar surface area (TPSA) is 75.0 Å². The van der Waals surface area contributed by atoms with Crippen LogP contribution in [0.15, 0.2) is 77.4 Å². The predicted octanol–water partition coefficient (Wildman–Crippen LogP) is 4.75. The van der Waals surface area contributed by atoms with E-state index in [9.17, 15) is 4.79 Å². The molecule has 0 unspecified atom stereocenters. The van der Waals surface area contributed by atoms with Crippen molar-refractivity contribution >= 4 is 5.91 Å². The highest BCUT2D eigenvalue weighted by Gasteiger charge is 2.29. The maximum absolute atomic E-state index is 13.1. The van der Waals surface area contributed by atoms with E-state index in [0.717, 1.165) is 35.4 Å². The number of likely N-dealkylation sites (tertiary alicyclic amines) is 1. The fourth-order valence-electron chi connectivity index (χ4n) is 3.99. The van der Waals surface area contributed by atoms with E-state index < -0.39 is 0 Å². The number of carbonyl (C=O) groups is 1. The van der Waals surface area contributed by atoms with Gasteiger partial charge in [0.15, 0.2) is 11.6 Å². The minimum atomic E-state index is -0.0557. The first-order chi connectivity index (χ1) is 14.8. The summed E-state index contributed by atoms with van der Waals surface area (Å²) < 4.78 is 5.58. The summed E-state index contributed by atoms with van der Waals surface area (Å²) in [6, 6.07) is 21.7. The molecule has 1 N–H and O–H groups in total. The molecule has 1 saturated heterocycles. The molecule has 0 saturated carbocycles. The Balaban J connectivity index is 1.27. The molecule has 2 aromatic carbocycles. The normalized spacial score (nSPS) is 14.7. The van der Waals surface area contributed by atoms with E-state index in [1.54, 1.807) is 6.26 Å². The van der Waals surface area contributed by atoms with Gasteiger partial charge in [0.2, 0.25) is 0 Å². The van der Waals surface area contributed by atoms with Gasteiger partial charge in [-0.05, 0) is 24.5 Å². The number of nitrogens with one attached hydrogen (secondary N) is 1. The molecule has 1 aliphatic rings. The lowest BCUT2D eigenvalue weighted by molar-refractivity contribution is 0.0680. The lowest BCUT2D eigenvalue weighted by Gasteiger charge is -2.30. The van der Waals surface area contributed by atoms with E-state index in [1.807, 2.05) is 71.6 Å². The molecule has 1 aliphatic heterocycles. The van der Waals surface area contributed by atoms with Gasteiger partial charge >= 0.3 is 0 Å². The van der Waals surface area contributed by atoms with Crippen molar-refractivity contribution in [2.24, 2.45) is 0 Å². The number of hydrogen-bond donors (Lipinski definition) is 1. The molecule has 0 radical (unpaired) electrons. The van der Waals surface area contributed by atoms with Gasteiger partial charge in [-0.25, -0.2) is 4.98 Å². The summed E-state index contributed by atoms with van der Waals surface area (Å²) in [7, 11) is 0. The summed E-state index contributed by atoms with van der Waals surface area (Å²) in [6.07, 6.45) is 3.27. The Hall–Kier alpha value is -3.67. The van der Waals surface area contributed by atoms with Crippen LogP contribution in [0, 0.1) is 0 Å². The number of piperidine rings is 1. The van der Waals surface area contributed by atoms with Crippen molar-refractivity contribution in [2.45, 2.75) is 18.8 Å². The molecule has 6 heteroatoms. The summed E-state index contributed by atoms with van der Waals surface area (Å²) in [5, 5.41) is 7.46. The number of hydrogen-bond acceptors (Lipinski definition) is 4. The maximum Gasteiger partial charge on any atom is 0.290 e. The molecule has 5 rings (SSSR count). The highest BCUT2D eigenvalue weighted by atomic mass is 16.3. The predicted molar refractivity (Wildman–Crippen MR) is 114 cm³/mol. The molecule has 1 amide bonds. The van der Waals surface area contributed by atoms with Gasteiger partial charge in [0.05, 0.1) is 6.26 Å². The lowest BCUT2D eigenvalue weighted by Crippen LogP contribution is -2.38. The number of aromatic nitrogens is 3. The fraction of sp³-hybridized carbons (Fsp3) is 0.208. The number of aromatic amines is 1. The second kappa shape index (κ2) is 7.99. The van der Waals surface area contributed by atoms with Crippen molar-refractivity contribution in [2.75, 3.05) is 13.1 Å². The van der Waals surface area contributed by atoms with Crippen LogP contribution in [-0.2, 0) is 0 Å². The summed E-state index contributed by atoms with van der Waals surface area (Å²) in [5.41, 5.74) is 2.82. The molecule has 0 bridgehead atoms. The van der Waals surface area contributed by atoms with Crippen molar-refractivity contribution < 1.29 is 9.21 Å². The monoisotopic (exact) mass is 398 g/mol. The molecule has 0 spiro atoms. The van der Waals surface area contributed by atoms with Gasteiger partial charge < -0.3 is 9.32 Å². The van der Waals surface area contributed by atoms with Gasteiger partial charge in [-0.15, -0.1) is 0 Å². The Morgan fingerprint density at radius 1 is 0.933 bits per heavy atom. The first-order valence-corrected chi connectivity index (χ1v) is 10.2. The minimum absolute atomic E-state index is 0.0557. The number of furan rings is 1. The van der Waals surface area contributed by atoms with Crippen LogP contribution < -0.4 is 0 Å². The number of H-pyrrole nitrogens is 1. The Morgan fingerprint density at radius 2 is 1.60 bits per heavy atom. The molecule has 3 heterocycles. The molecule has 0 atom stereocenters. The van der Waals surface area contributed by atoms with Gasteiger partial charge in [-0.1, -0.05) is 60.7 Å². The highest BCUT2D eigenvalue weighted by molar-refractivity contribution is 5.98. The van der Waals surface area contributed by atoms with Gasteiger partial charge in [0.25, 0.3) is 5.91 Å². The van der Waals surface area contributed by atoms with Crippen LogP contribution in [0.5, 0.6) is 0 Å². The Morgan fingerprint density at radius 3 is 2.30 bits per heavy atom. The maximum atomic E-state index is 13.1. The van der Waals surface area contributed by atoms with Crippen LogP contribution in [0.2, 0.25) is 0 Å². The SMILES string of the molecule is O=C(c1occc1-c1ccccc1)N1CCC(c2nc(-c3ccccc3)n[nH]2)CC1. The second-order valence-electron chi connectivity index (χ2n) is 7.51. The van der Waals surface area contributed by atoms with Gasteiger partial charge in [-0.3, -0.25) is 9.89 Å². The fourth-order valence-corrected chi connectivity index (χ4v) is 3.99. The van der Waals surface area contributed by atoms with Crippen molar-refractivity contribution in [3.05, 3.63) is 84.6 Å². The van der Waals surface area contributed by atoms with Crippen LogP contribution in [0.4, 0.5) is 0 Å². The average molecular weight is 398 g/mol. The second-order valence-corrected chi connectivity index (χ2v) is 7.51. The molecular weight excluding hydrogens is 376 g/mol.